The molecule has 1 aliphatic rings. The second-order valence-electron chi connectivity index (χ2n) is 5.67. The monoisotopic (exact) mass is 229 g/mol. The number of rotatable bonds is 4. The van der Waals surface area contributed by atoms with Crippen molar-refractivity contribution in [2.24, 2.45) is 5.73 Å². The summed E-state index contributed by atoms with van der Waals surface area (Å²) in [6.07, 6.45) is 0. The SMILES string of the molecule is COCC(N)CN1CCN(C(C)(C)C)CC1. The largest absolute Gasteiger partial charge is 0.383 e. The minimum absolute atomic E-state index is 0.145. The van der Waals surface area contributed by atoms with Crippen molar-refractivity contribution in [1.29, 1.82) is 0 Å². The van der Waals surface area contributed by atoms with E-state index in [2.05, 4.69) is 30.6 Å². The maximum atomic E-state index is 5.96. The molecule has 96 valence electrons. The molecule has 1 atom stereocenters. The number of methoxy groups -OCH3 is 1. The van der Waals surface area contributed by atoms with Crippen LogP contribution >= 0.6 is 0 Å². The molecule has 0 amide bonds. The molecule has 1 fully saturated rings. The lowest BCUT2D eigenvalue weighted by Crippen LogP contribution is -2.55. The highest BCUT2D eigenvalue weighted by molar-refractivity contribution is 4.83. The van der Waals surface area contributed by atoms with E-state index in [0.29, 0.717) is 12.1 Å². The van der Waals surface area contributed by atoms with Crippen molar-refractivity contribution in [1.82, 2.24) is 9.80 Å². The van der Waals surface area contributed by atoms with Crippen LogP contribution in [-0.2, 0) is 4.74 Å². The van der Waals surface area contributed by atoms with Gasteiger partial charge in [-0.05, 0) is 20.8 Å². The highest BCUT2D eigenvalue weighted by Gasteiger charge is 2.26. The average Bonchev–Trinajstić information content (AvgIpc) is 2.17. The Hall–Kier alpha value is -0.160. The molecule has 4 heteroatoms. The van der Waals surface area contributed by atoms with Gasteiger partial charge in [-0.15, -0.1) is 0 Å². The molecular formula is C12H27N3O. The molecule has 4 nitrogen and oxygen atoms in total. The van der Waals surface area contributed by atoms with Crippen LogP contribution in [0.25, 0.3) is 0 Å². The topological polar surface area (TPSA) is 41.7 Å². The van der Waals surface area contributed by atoms with E-state index in [-0.39, 0.29) is 6.04 Å². The van der Waals surface area contributed by atoms with E-state index in [9.17, 15) is 0 Å². The summed E-state index contributed by atoms with van der Waals surface area (Å²) in [7, 11) is 1.71. The van der Waals surface area contributed by atoms with Gasteiger partial charge >= 0.3 is 0 Å². The average molecular weight is 229 g/mol. The van der Waals surface area contributed by atoms with Gasteiger partial charge in [-0.2, -0.15) is 0 Å². The number of nitrogens with zero attached hydrogens (tertiary/aromatic N) is 2. The first-order valence-corrected chi connectivity index (χ1v) is 6.15. The van der Waals surface area contributed by atoms with Crippen LogP contribution in [0.15, 0.2) is 0 Å². The lowest BCUT2D eigenvalue weighted by Gasteiger charge is -2.42. The Kier molecular flexibility index (Phi) is 5.18. The van der Waals surface area contributed by atoms with Crippen molar-refractivity contribution >= 4 is 0 Å². The van der Waals surface area contributed by atoms with Crippen molar-refractivity contribution in [3.05, 3.63) is 0 Å². The zero-order valence-electron chi connectivity index (χ0n) is 11.2. The van der Waals surface area contributed by atoms with Crippen molar-refractivity contribution in [2.45, 2.75) is 32.4 Å². The highest BCUT2D eigenvalue weighted by atomic mass is 16.5. The van der Waals surface area contributed by atoms with Gasteiger partial charge in [0.2, 0.25) is 0 Å². The summed E-state index contributed by atoms with van der Waals surface area (Å²) < 4.78 is 5.06. The zero-order chi connectivity index (χ0) is 12.2. The standard InChI is InChI=1S/C12H27N3O/c1-12(2,3)15-7-5-14(6-8-15)9-11(13)10-16-4/h11H,5-10,13H2,1-4H3. The van der Waals surface area contributed by atoms with Gasteiger partial charge in [0.15, 0.2) is 0 Å². The van der Waals surface area contributed by atoms with E-state index >= 15 is 0 Å². The molecule has 1 heterocycles. The first-order valence-electron chi connectivity index (χ1n) is 6.15. The molecule has 16 heavy (non-hydrogen) atoms. The predicted octanol–water partition coefficient (Wildman–Crippen LogP) is 0.376. The third-order valence-corrected chi connectivity index (χ3v) is 3.19. The molecular weight excluding hydrogens is 202 g/mol. The molecule has 1 saturated heterocycles. The van der Waals surface area contributed by atoms with Crippen LogP contribution < -0.4 is 5.73 Å². The minimum Gasteiger partial charge on any atom is -0.383 e. The Morgan fingerprint density at radius 2 is 1.75 bits per heavy atom. The van der Waals surface area contributed by atoms with E-state index in [1.54, 1.807) is 7.11 Å². The fraction of sp³-hybridized carbons (Fsp3) is 1.00. The third kappa shape index (κ3) is 4.37. The van der Waals surface area contributed by atoms with Gasteiger partial charge in [0.05, 0.1) is 6.61 Å². The molecule has 0 aromatic heterocycles. The minimum atomic E-state index is 0.145. The van der Waals surface area contributed by atoms with Gasteiger partial charge in [0, 0.05) is 51.4 Å². The fourth-order valence-electron chi connectivity index (χ4n) is 2.20. The first kappa shape index (κ1) is 13.9. The normalized spacial score (nSPS) is 22.3. The number of hydrogen-bond donors (Lipinski definition) is 1. The van der Waals surface area contributed by atoms with Gasteiger partial charge in [0.1, 0.15) is 0 Å². The first-order chi connectivity index (χ1) is 7.43. The molecule has 0 bridgehead atoms. The summed E-state index contributed by atoms with van der Waals surface area (Å²) in [5, 5.41) is 0. The molecule has 2 N–H and O–H groups in total. The molecule has 0 spiro atoms. The molecule has 0 radical (unpaired) electrons. The molecule has 0 saturated carbocycles. The third-order valence-electron chi connectivity index (χ3n) is 3.19. The Morgan fingerprint density at radius 1 is 1.19 bits per heavy atom. The lowest BCUT2D eigenvalue weighted by atomic mass is 10.0. The van der Waals surface area contributed by atoms with Crippen LogP contribution in [0, 0.1) is 0 Å². The predicted molar refractivity (Wildman–Crippen MR) is 67.6 cm³/mol. The number of ether oxygens (including phenoxy) is 1. The van der Waals surface area contributed by atoms with Gasteiger partial charge < -0.3 is 10.5 Å². The van der Waals surface area contributed by atoms with Crippen LogP contribution in [0.2, 0.25) is 0 Å². The molecule has 0 aromatic rings. The van der Waals surface area contributed by atoms with E-state index in [1.165, 1.54) is 0 Å². The van der Waals surface area contributed by atoms with Gasteiger partial charge in [-0.3, -0.25) is 9.80 Å². The summed E-state index contributed by atoms with van der Waals surface area (Å²) >= 11 is 0. The van der Waals surface area contributed by atoms with Crippen LogP contribution in [0.5, 0.6) is 0 Å². The second-order valence-corrected chi connectivity index (χ2v) is 5.67. The van der Waals surface area contributed by atoms with Gasteiger partial charge in [-0.25, -0.2) is 0 Å². The Balaban J connectivity index is 2.27. The summed E-state index contributed by atoms with van der Waals surface area (Å²) in [4.78, 5) is 4.97. The fourth-order valence-corrected chi connectivity index (χ4v) is 2.20. The Morgan fingerprint density at radius 3 is 2.19 bits per heavy atom. The van der Waals surface area contributed by atoms with Crippen LogP contribution in [0.1, 0.15) is 20.8 Å². The second kappa shape index (κ2) is 5.96. The lowest BCUT2D eigenvalue weighted by molar-refractivity contribution is 0.0543. The summed E-state index contributed by atoms with van der Waals surface area (Å²) in [5.41, 5.74) is 6.25. The molecule has 0 aromatic carbocycles. The molecule has 1 rings (SSSR count). The number of piperazine rings is 1. The quantitative estimate of drug-likeness (QED) is 0.756. The highest BCUT2D eigenvalue weighted by Crippen LogP contribution is 2.15. The van der Waals surface area contributed by atoms with E-state index < -0.39 is 0 Å². The molecule has 1 aliphatic heterocycles. The summed E-state index contributed by atoms with van der Waals surface area (Å²) in [5.74, 6) is 0. The van der Waals surface area contributed by atoms with Crippen molar-refractivity contribution in [3.8, 4) is 0 Å². The van der Waals surface area contributed by atoms with E-state index in [0.717, 1.165) is 32.7 Å². The van der Waals surface area contributed by atoms with Crippen LogP contribution in [0.3, 0.4) is 0 Å². The van der Waals surface area contributed by atoms with Gasteiger partial charge in [0.25, 0.3) is 0 Å². The maximum absolute atomic E-state index is 5.96. The summed E-state index contributed by atoms with van der Waals surface area (Å²) in [6, 6.07) is 0.145. The van der Waals surface area contributed by atoms with Crippen molar-refractivity contribution in [3.63, 3.8) is 0 Å². The Labute approximate surface area is 99.7 Å². The zero-order valence-corrected chi connectivity index (χ0v) is 11.2. The number of nitrogens with two attached hydrogens (primary N) is 1. The Bertz CT molecular complexity index is 195. The van der Waals surface area contributed by atoms with Crippen LogP contribution in [-0.4, -0.2) is 67.8 Å². The summed E-state index contributed by atoms with van der Waals surface area (Å²) in [6.45, 7) is 13.0. The van der Waals surface area contributed by atoms with Crippen LogP contribution in [0.4, 0.5) is 0 Å². The smallest absolute Gasteiger partial charge is 0.0626 e. The molecule has 1 unspecified atom stereocenters. The van der Waals surface area contributed by atoms with Crippen molar-refractivity contribution < 1.29 is 4.74 Å². The van der Waals surface area contributed by atoms with Gasteiger partial charge in [-0.1, -0.05) is 0 Å². The van der Waals surface area contributed by atoms with E-state index in [4.69, 9.17) is 10.5 Å². The van der Waals surface area contributed by atoms with Crippen molar-refractivity contribution in [2.75, 3.05) is 46.4 Å². The maximum Gasteiger partial charge on any atom is 0.0626 e. The van der Waals surface area contributed by atoms with E-state index in [1.807, 2.05) is 0 Å². The molecule has 0 aliphatic carbocycles. The number of hydrogen-bond acceptors (Lipinski definition) is 4.